The van der Waals surface area contributed by atoms with Gasteiger partial charge in [0.15, 0.2) is 0 Å². The maximum atomic E-state index is 12.6. The van der Waals surface area contributed by atoms with Crippen LogP contribution >= 0.6 is 0 Å². The second-order valence-electron chi connectivity index (χ2n) is 5.84. The van der Waals surface area contributed by atoms with Gasteiger partial charge in [0.25, 0.3) is 0 Å². The largest absolute Gasteiger partial charge is 0.330 e. The van der Waals surface area contributed by atoms with Gasteiger partial charge in [0.2, 0.25) is 10.0 Å². The van der Waals surface area contributed by atoms with Crippen molar-refractivity contribution >= 4 is 19.9 Å². The standard InChI is InChI=1S/C12H24N2O4S2/c13-6-3-11-2-1-7-14(10-11)20(17,18)12-4-8-19(15,16)9-5-12/h11-12H,1-10,13H2. The molecule has 0 radical (unpaired) electrons. The van der Waals surface area contributed by atoms with Crippen LogP contribution in [0.4, 0.5) is 0 Å². The number of nitrogens with zero attached hydrogens (tertiary/aromatic N) is 1. The first-order valence-electron chi connectivity index (χ1n) is 7.24. The molecule has 1 unspecified atom stereocenters. The summed E-state index contributed by atoms with van der Waals surface area (Å²) in [5.74, 6) is 0.337. The summed E-state index contributed by atoms with van der Waals surface area (Å²) in [5.41, 5.74) is 5.55. The Kier molecular flexibility index (Phi) is 5.09. The van der Waals surface area contributed by atoms with E-state index in [-0.39, 0.29) is 24.3 Å². The molecule has 2 fully saturated rings. The zero-order chi connectivity index (χ0) is 14.8. The summed E-state index contributed by atoms with van der Waals surface area (Å²) in [6.07, 6.45) is 3.23. The van der Waals surface area contributed by atoms with Gasteiger partial charge in [-0.3, -0.25) is 0 Å². The topological polar surface area (TPSA) is 97.5 Å². The summed E-state index contributed by atoms with van der Waals surface area (Å²) in [6, 6.07) is 0. The molecule has 0 aliphatic carbocycles. The molecule has 0 amide bonds. The van der Waals surface area contributed by atoms with Gasteiger partial charge in [-0.1, -0.05) is 0 Å². The minimum atomic E-state index is -3.36. The highest BCUT2D eigenvalue weighted by Crippen LogP contribution is 2.27. The molecule has 0 aromatic carbocycles. The zero-order valence-corrected chi connectivity index (χ0v) is 13.3. The summed E-state index contributed by atoms with van der Waals surface area (Å²) in [4.78, 5) is 0. The van der Waals surface area contributed by atoms with Crippen molar-refractivity contribution in [1.29, 1.82) is 0 Å². The van der Waals surface area contributed by atoms with E-state index in [0.29, 0.717) is 25.6 Å². The number of rotatable bonds is 4. The van der Waals surface area contributed by atoms with Crippen molar-refractivity contribution in [3.63, 3.8) is 0 Å². The van der Waals surface area contributed by atoms with Gasteiger partial charge in [-0.05, 0) is 44.6 Å². The minimum Gasteiger partial charge on any atom is -0.330 e. The molecule has 0 bridgehead atoms. The molecule has 0 spiro atoms. The average Bonchev–Trinajstić information content (AvgIpc) is 2.39. The fraction of sp³-hybridized carbons (Fsp3) is 1.00. The van der Waals surface area contributed by atoms with Crippen LogP contribution in [0.15, 0.2) is 0 Å². The molecule has 2 saturated heterocycles. The van der Waals surface area contributed by atoms with Gasteiger partial charge in [-0.25, -0.2) is 21.1 Å². The molecule has 0 aromatic rings. The molecule has 0 saturated carbocycles. The van der Waals surface area contributed by atoms with E-state index in [1.807, 2.05) is 0 Å². The van der Waals surface area contributed by atoms with E-state index in [1.54, 1.807) is 4.31 Å². The van der Waals surface area contributed by atoms with Crippen LogP contribution in [-0.4, -0.2) is 57.5 Å². The summed E-state index contributed by atoms with van der Waals surface area (Å²) >= 11 is 0. The first kappa shape index (κ1) is 16.2. The first-order chi connectivity index (χ1) is 9.35. The van der Waals surface area contributed by atoms with E-state index in [4.69, 9.17) is 5.73 Å². The Bertz CT molecular complexity index is 514. The lowest BCUT2D eigenvalue weighted by molar-refractivity contribution is 0.255. The van der Waals surface area contributed by atoms with E-state index in [0.717, 1.165) is 19.3 Å². The highest BCUT2D eigenvalue weighted by molar-refractivity contribution is 7.92. The Labute approximate surface area is 121 Å². The van der Waals surface area contributed by atoms with Crippen LogP contribution in [0.5, 0.6) is 0 Å². The van der Waals surface area contributed by atoms with E-state index in [9.17, 15) is 16.8 Å². The normalized spacial score (nSPS) is 29.4. The summed E-state index contributed by atoms with van der Waals surface area (Å²) < 4.78 is 49.6. The molecule has 20 heavy (non-hydrogen) atoms. The van der Waals surface area contributed by atoms with E-state index in [2.05, 4.69) is 0 Å². The Morgan fingerprint density at radius 3 is 2.40 bits per heavy atom. The molecule has 2 aliphatic heterocycles. The van der Waals surface area contributed by atoms with E-state index in [1.165, 1.54) is 0 Å². The van der Waals surface area contributed by atoms with Crippen molar-refractivity contribution in [1.82, 2.24) is 4.31 Å². The van der Waals surface area contributed by atoms with Crippen molar-refractivity contribution in [2.75, 3.05) is 31.1 Å². The number of hydrogen-bond donors (Lipinski definition) is 1. The SMILES string of the molecule is NCCC1CCCN(S(=O)(=O)C2CCS(=O)(=O)CC2)C1. The van der Waals surface area contributed by atoms with E-state index < -0.39 is 25.1 Å². The lowest BCUT2D eigenvalue weighted by atomic mass is 9.96. The summed E-state index contributed by atoms with van der Waals surface area (Å²) in [7, 11) is -6.38. The molecule has 2 N–H and O–H groups in total. The second kappa shape index (κ2) is 6.29. The molecule has 2 rings (SSSR count). The van der Waals surface area contributed by atoms with Crippen molar-refractivity contribution in [3.8, 4) is 0 Å². The predicted octanol–water partition coefficient (Wildman–Crippen LogP) is -0.0458. The van der Waals surface area contributed by atoms with Gasteiger partial charge in [-0.15, -0.1) is 0 Å². The summed E-state index contributed by atoms with van der Waals surface area (Å²) in [6.45, 7) is 1.69. The number of sulfone groups is 1. The van der Waals surface area contributed by atoms with Gasteiger partial charge in [0, 0.05) is 13.1 Å². The molecule has 1 atom stereocenters. The lowest BCUT2D eigenvalue weighted by Gasteiger charge is -2.35. The highest BCUT2D eigenvalue weighted by atomic mass is 32.2. The Hall–Kier alpha value is -0.180. The quantitative estimate of drug-likeness (QED) is 0.782. The van der Waals surface area contributed by atoms with E-state index >= 15 is 0 Å². The number of sulfonamides is 1. The average molecular weight is 324 g/mol. The third-order valence-corrected chi connectivity index (χ3v) is 8.42. The molecule has 6 nitrogen and oxygen atoms in total. The first-order valence-corrected chi connectivity index (χ1v) is 10.6. The molecule has 118 valence electrons. The molecule has 8 heteroatoms. The highest BCUT2D eigenvalue weighted by Gasteiger charge is 2.38. The molecular weight excluding hydrogens is 300 g/mol. The van der Waals surface area contributed by atoms with Gasteiger partial charge in [0.05, 0.1) is 16.8 Å². The molecule has 2 aliphatic rings. The third kappa shape index (κ3) is 3.72. The fourth-order valence-electron chi connectivity index (χ4n) is 3.11. The predicted molar refractivity (Wildman–Crippen MR) is 78.6 cm³/mol. The van der Waals surface area contributed by atoms with Crippen molar-refractivity contribution in [2.24, 2.45) is 11.7 Å². The van der Waals surface area contributed by atoms with Crippen LogP contribution in [0.2, 0.25) is 0 Å². The van der Waals surface area contributed by atoms with Crippen molar-refractivity contribution in [3.05, 3.63) is 0 Å². The smallest absolute Gasteiger partial charge is 0.217 e. The van der Waals surface area contributed by atoms with Crippen LogP contribution in [0.3, 0.4) is 0 Å². The van der Waals surface area contributed by atoms with Crippen LogP contribution in [0.1, 0.15) is 32.1 Å². The van der Waals surface area contributed by atoms with Gasteiger partial charge in [0.1, 0.15) is 9.84 Å². The van der Waals surface area contributed by atoms with Crippen molar-refractivity contribution < 1.29 is 16.8 Å². The molecule has 2 heterocycles. The summed E-state index contributed by atoms with van der Waals surface area (Å²) in [5, 5.41) is -0.525. The molecule has 0 aromatic heterocycles. The number of piperidine rings is 1. The number of hydrogen-bond acceptors (Lipinski definition) is 5. The van der Waals surface area contributed by atoms with Gasteiger partial charge >= 0.3 is 0 Å². The minimum absolute atomic E-state index is 0.00301. The fourth-order valence-corrected chi connectivity index (χ4v) is 6.95. The Balaban J connectivity index is 2.03. The van der Waals surface area contributed by atoms with Crippen LogP contribution in [0.25, 0.3) is 0 Å². The Morgan fingerprint density at radius 1 is 1.15 bits per heavy atom. The zero-order valence-electron chi connectivity index (χ0n) is 11.7. The molecular formula is C12H24N2O4S2. The maximum absolute atomic E-state index is 12.6. The van der Waals surface area contributed by atoms with Crippen LogP contribution < -0.4 is 5.73 Å². The lowest BCUT2D eigenvalue weighted by Crippen LogP contribution is -2.47. The maximum Gasteiger partial charge on any atom is 0.217 e. The third-order valence-electron chi connectivity index (χ3n) is 4.34. The van der Waals surface area contributed by atoms with Crippen molar-refractivity contribution in [2.45, 2.75) is 37.4 Å². The van der Waals surface area contributed by atoms with Crippen LogP contribution in [0, 0.1) is 5.92 Å². The van der Waals surface area contributed by atoms with Crippen LogP contribution in [-0.2, 0) is 19.9 Å². The second-order valence-corrected chi connectivity index (χ2v) is 10.4. The van der Waals surface area contributed by atoms with Gasteiger partial charge < -0.3 is 5.73 Å². The van der Waals surface area contributed by atoms with Gasteiger partial charge in [-0.2, -0.15) is 0 Å². The Morgan fingerprint density at radius 2 is 1.80 bits per heavy atom. The monoisotopic (exact) mass is 324 g/mol. The number of nitrogens with two attached hydrogens (primary N) is 1.